The van der Waals surface area contributed by atoms with Gasteiger partial charge in [0, 0.05) is 17.1 Å². The minimum atomic E-state index is -0.607. The van der Waals surface area contributed by atoms with Gasteiger partial charge in [0.1, 0.15) is 5.75 Å². The van der Waals surface area contributed by atoms with Gasteiger partial charge in [-0.1, -0.05) is 6.07 Å². The van der Waals surface area contributed by atoms with Crippen molar-refractivity contribution < 1.29 is 9.90 Å². The van der Waals surface area contributed by atoms with Crippen LogP contribution in [0.4, 0.5) is 5.69 Å². The molecule has 0 aliphatic rings. The average molecular weight is 396 g/mol. The van der Waals surface area contributed by atoms with Crippen molar-refractivity contribution in [3.05, 3.63) is 46.5 Å². The van der Waals surface area contributed by atoms with E-state index in [0.29, 0.717) is 32.0 Å². The number of carbonyl (C=O) groups is 1. The van der Waals surface area contributed by atoms with Gasteiger partial charge in [-0.05, 0) is 42.7 Å². The van der Waals surface area contributed by atoms with Crippen molar-refractivity contribution in [2.75, 3.05) is 5.73 Å². The molecule has 0 atom stereocenters. The highest BCUT2D eigenvalue weighted by Gasteiger charge is 2.22. The number of amides is 1. The molecule has 5 N–H and O–H groups in total. The minimum Gasteiger partial charge on any atom is -0.508 e. The van der Waals surface area contributed by atoms with Crippen LogP contribution < -0.4 is 11.5 Å². The van der Waals surface area contributed by atoms with E-state index in [9.17, 15) is 9.90 Å². The first kappa shape index (κ1) is 17.4. The quantitative estimate of drug-likeness (QED) is 0.451. The number of aromatic hydroxyl groups is 1. The van der Waals surface area contributed by atoms with Crippen molar-refractivity contribution in [2.45, 2.75) is 13.8 Å². The number of hydrogen-bond donors (Lipinski definition) is 3. The number of fused-ring (bicyclic) bond motifs is 1. The van der Waals surface area contributed by atoms with Gasteiger partial charge in [0.05, 0.1) is 21.5 Å². The first-order valence-corrected chi connectivity index (χ1v) is 9.80. The zero-order valence-corrected chi connectivity index (χ0v) is 16.2. The second-order valence-corrected chi connectivity index (χ2v) is 8.08. The third kappa shape index (κ3) is 2.73. The molecule has 2 aromatic heterocycles. The molecule has 0 spiro atoms. The van der Waals surface area contributed by atoms with Gasteiger partial charge in [-0.3, -0.25) is 4.79 Å². The Bertz CT molecular complexity index is 1200. The largest absolute Gasteiger partial charge is 0.508 e. The predicted octanol–water partition coefficient (Wildman–Crippen LogP) is 4.09. The fourth-order valence-corrected chi connectivity index (χ4v) is 4.99. The van der Waals surface area contributed by atoms with E-state index in [4.69, 9.17) is 11.5 Å². The smallest absolute Gasteiger partial charge is 0.252 e. The van der Waals surface area contributed by atoms with Crippen molar-refractivity contribution in [3.63, 3.8) is 0 Å². The molecule has 0 aliphatic carbocycles. The summed E-state index contributed by atoms with van der Waals surface area (Å²) in [7, 11) is 0. The summed E-state index contributed by atoms with van der Waals surface area (Å²) in [6.07, 6.45) is 1.71. The van der Waals surface area contributed by atoms with Crippen molar-refractivity contribution in [1.29, 1.82) is 0 Å². The van der Waals surface area contributed by atoms with E-state index in [1.807, 2.05) is 31.4 Å². The number of aryl methyl sites for hydroxylation is 1. The molecule has 1 amide bonds. The van der Waals surface area contributed by atoms with Gasteiger partial charge in [0.25, 0.3) is 5.91 Å². The van der Waals surface area contributed by atoms with Gasteiger partial charge >= 0.3 is 0 Å². The van der Waals surface area contributed by atoms with E-state index in [2.05, 4.69) is 9.97 Å². The maximum Gasteiger partial charge on any atom is 0.252 e. The average Bonchev–Trinajstić information content (AvgIpc) is 3.27. The molecule has 0 bridgehead atoms. The summed E-state index contributed by atoms with van der Waals surface area (Å²) < 4.78 is 0.643. The Labute approximate surface area is 163 Å². The SMILES string of the molecule is Cc1ccc(O)c(C)c1-c1cc2nc(-c3nccs3)sc2c(C(N)=O)c1N. The van der Waals surface area contributed by atoms with E-state index >= 15 is 0 Å². The molecule has 0 fully saturated rings. The van der Waals surface area contributed by atoms with E-state index < -0.39 is 5.91 Å². The number of primary amides is 1. The molecule has 0 radical (unpaired) electrons. The maximum absolute atomic E-state index is 12.2. The van der Waals surface area contributed by atoms with Gasteiger partial charge in [0.15, 0.2) is 10.0 Å². The molecule has 27 heavy (non-hydrogen) atoms. The van der Waals surface area contributed by atoms with Crippen molar-refractivity contribution >= 4 is 44.5 Å². The number of nitrogen functional groups attached to an aromatic ring is 1. The number of rotatable bonds is 3. The Hall–Kier alpha value is -2.97. The van der Waals surface area contributed by atoms with E-state index in [-0.39, 0.29) is 11.3 Å². The second-order valence-electron chi connectivity index (χ2n) is 6.18. The van der Waals surface area contributed by atoms with Crippen LogP contribution in [0, 0.1) is 13.8 Å². The normalized spacial score (nSPS) is 11.2. The molecule has 6 nitrogen and oxygen atoms in total. The Balaban J connectivity index is 2.08. The van der Waals surface area contributed by atoms with Gasteiger partial charge in [-0.25, -0.2) is 9.97 Å². The third-order valence-corrected chi connectivity index (χ3v) is 6.50. The molecule has 0 aliphatic heterocycles. The monoisotopic (exact) mass is 396 g/mol. The molecule has 2 heterocycles. The summed E-state index contributed by atoms with van der Waals surface area (Å²) in [6.45, 7) is 3.74. The molecule has 2 aromatic carbocycles. The summed E-state index contributed by atoms with van der Waals surface area (Å²) in [5, 5.41) is 13.5. The molecule has 136 valence electrons. The Kier molecular flexibility index (Phi) is 4.09. The van der Waals surface area contributed by atoms with Gasteiger partial charge in [0.2, 0.25) is 0 Å². The van der Waals surface area contributed by atoms with Crippen LogP contribution in [0.15, 0.2) is 29.8 Å². The molecule has 0 unspecified atom stereocenters. The number of phenolic OH excluding ortho intramolecular Hbond substituents is 1. The first-order valence-electron chi connectivity index (χ1n) is 8.10. The number of anilines is 1. The van der Waals surface area contributed by atoms with Crippen LogP contribution in [0.25, 0.3) is 31.4 Å². The van der Waals surface area contributed by atoms with Gasteiger partial charge in [-0.15, -0.1) is 22.7 Å². The third-order valence-electron chi connectivity index (χ3n) is 4.50. The maximum atomic E-state index is 12.2. The van der Waals surface area contributed by atoms with E-state index in [0.717, 1.165) is 16.1 Å². The van der Waals surface area contributed by atoms with Crippen molar-refractivity contribution in [2.24, 2.45) is 5.73 Å². The predicted molar refractivity (Wildman–Crippen MR) is 110 cm³/mol. The topological polar surface area (TPSA) is 115 Å². The molecular weight excluding hydrogens is 380 g/mol. The highest BCUT2D eigenvalue weighted by molar-refractivity contribution is 7.25. The fraction of sp³-hybridized carbons (Fsp3) is 0.105. The second kappa shape index (κ2) is 6.33. The summed E-state index contributed by atoms with van der Waals surface area (Å²) >= 11 is 2.82. The number of aromatic nitrogens is 2. The van der Waals surface area contributed by atoms with E-state index in [1.165, 1.54) is 22.7 Å². The molecule has 0 saturated heterocycles. The highest BCUT2D eigenvalue weighted by Crippen LogP contribution is 2.42. The Morgan fingerprint density at radius 1 is 1.22 bits per heavy atom. The van der Waals surface area contributed by atoms with Crippen LogP contribution in [0.5, 0.6) is 5.75 Å². The lowest BCUT2D eigenvalue weighted by Gasteiger charge is -2.16. The Morgan fingerprint density at radius 2 is 2.00 bits per heavy atom. The molecule has 4 aromatic rings. The zero-order chi connectivity index (χ0) is 19.3. The fourth-order valence-electron chi connectivity index (χ4n) is 3.20. The minimum absolute atomic E-state index is 0.164. The number of phenols is 1. The van der Waals surface area contributed by atoms with Gasteiger partial charge < -0.3 is 16.6 Å². The standard InChI is InChI=1S/C19H16N4O2S2/c1-8-3-4-12(24)9(2)13(8)10-7-11-16(14(15(10)20)17(21)25)27-19(23-11)18-22-5-6-26-18/h3-7,24H,20H2,1-2H3,(H2,21,25). The zero-order valence-electron chi connectivity index (χ0n) is 14.6. The lowest BCUT2D eigenvalue weighted by molar-refractivity contribution is 0.100. The van der Waals surface area contributed by atoms with Crippen molar-refractivity contribution in [1.82, 2.24) is 9.97 Å². The number of thiazole rings is 2. The van der Waals surface area contributed by atoms with Crippen LogP contribution in [0.3, 0.4) is 0 Å². The van der Waals surface area contributed by atoms with Crippen LogP contribution in [-0.2, 0) is 0 Å². The van der Waals surface area contributed by atoms with Crippen molar-refractivity contribution in [3.8, 4) is 26.9 Å². The Morgan fingerprint density at radius 3 is 2.67 bits per heavy atom. The molecule has 0 saturated carbocycles. The summed E-state index contributed by atoms with van der Waals surface area (Å²) in [6, 6.07) is 5.30. The van der Waals surface area contributed by atoms with Crippen LogP contribution in [-0.4, -0.2) is 21.0 Å². The van der Waals surface area contributed by atoms with Gasteiger partial charge in [-0.2, -0.15) is 0 Å². The number of carbonyl (C=O) groups excluding carboxylic acids is 1. The number of nitrogens with two attached hydrogens (primary N) is 2. The summed E-state index contributed by atoms with van der Waals surface area (Å²) in [5.41, 5.74) is 16.3. The molecule has 8 heteroatoms. The highest BCUT2D eigenvalue weighted by atomic mass is 32.1. The summed E-state index contributed by atoms with van der Waals surface area (Å²) in [4.78, 5) is 21.1. The summed E-state index contributed by atoms with van der Waals surface area (Å²) in [5.74, 6) is -0.443. The lowest BCUT2D eigenvalue weighted by Crippen LogP contribution is -2.14. The van der Waals surface area contributed by atoms with E-state index in [1.54, 1.807) is 12.3 Å². The molecular formula is C19H16N4O2S2. The van der Waals surface area contributed by atoms with Crippen LogP contribution >= 0.6 is 22.7 Å². The number of hydrogen-bond acceptors (Lipinski definition) is 7. The lowest BCUT2D eigenvalue weighted by atomic mass is 9.92. The first-order chi connectivity index (χ1) is 12.9. The number of nitrogens with zero attached hydrogens (tertiary/aromatic N) is 2. The number of benzene rings is 2. The van der Waals surface area contributed by atoms with Crippen LogP contribution in [0.2, 0.25) is 0 Å². The molecule has 4 rings (SSSR count). The van der Waals surface area contributed by atoms with Crippen LogP contribution in [0.1, 0.15) is 21.5 Å².